The third-order valence-corrected chi connectivity index (χ3v) is 17.8. The number of fused-ring (bicyclic) bond motifs is 2. The maximum absolute atomic E-state index is 14.9. The lowest BCUT2D eigenvalue weighted by Crippen LogP contribution is -2.54. The van der Waals surface area contributed by atoms with E-state index in [9.17, 15) is 32.6 Å². The van der Waals surface area contributed by atoms with Crippen molar-refractivity contribution in [3.63, 3.8) is 0 Å². The van der Waals surface area contributed by atoms with Crippen molar-refractivity contribution in [3.8, 4) is 22.9 Å². The number of thiazole rings is 1. The van der Waals surface area contributed by atoms with Crippen LogP contribution in [0, 0.1) is 17.0 Å². The zero-order valence-corrected chi connectivity index (χ0v) is 39.7. The standard InChI is InChI=1S/C47H56ClF2N6O8PS/c1-26(2)51-44-53-35(24-66-44)34-21-38(29-17-18-37(62-3)39(48)40(29)52-34)63-28-20-36-41(57)55-47-25-46(47,43(47)65(60,61)23-30-31(49)14-11-15-32(30)50)19-10-6-4-5-7-16-33(42(58)56(36)22-28)54-45(59)64-27-12-8-9-13-27/h11,14-15,17-18,21,24,26-28,33,36,43H,4-10,12-13,16,19-20,22-23,25H2,1-3H3,(H,51,53)(H,54,59)(H,55,57)(H,60,61)/t28-,33+,36+,43?,46+,47+/m1/s1. The fraction of sp³-hybridized carbons (Fsp3) is 0.553. The molecule has 2 aromatic heterocycles. The molecule has 4 heterocycles. The lowest BCUT2D eigenvalue weighted by molar-refractivity contribution is -0.140. The van der Waals surface area contributed by atoms with Gasteiger partial charge in [-0.1, -0.05) is 49.8 Å². The molecule has 7 atom stereocenters. The van der Waals surface area contributed by atoms with Crippen molar-refractivity contribution < 1.29 is 46.8 Å². The molecule has 5 fully saturated rings. The number of ether oxygens (including phenoxy) is 3. The van der Waals surface area contributed by atoms with E-state index in [1.165, 1.54) is 29.4 Å². The lowest BCUT2D eigenvalue weighted by Gasteiger charge is -2.29. The number of pyridine rings is 1. The van der Waals surface area contributed by atoms with Crippen LogP contribution in [0.5, 0.6) is 11.5 Å². The van der Waals surface area contributed by atoms with Gasteiger partial charge in [-0.25, -0.2) is 23.5 Å². The van der Waals surface area contributed by atoms with Crippen molar-refractivity contribution in [3.05, 3.63) is 64.0 Å². The topological polar surface area (TPSA) is 181 Å². The molecule has 4 N–H and O–H groups in total. The lowest BCUT2D eigenvalue weighted by atomic mass is 10.0. The van der Waals surface area contributed by atoms with Crippen LogP contribution >= 0.6 is 30.3 Å². The van der Waals surface area contributed by atoms with E-state index in [4.69, 9.17) is 35.8 Å². The van der Waals surface area contributed by atoms with Gasteiger partial charge < -0.3 is 40.0 Å². The fourth-order valence-electron chi connectivity index (χ4n) is 10.8. The van der Waals surface area contributed by atoms with Crippen LogP contribution in [0.25, 0.3) is 22.3 Å². The number of anilines is 1. The summed E-state index contributed by atoms with van der Waals surface area (Å²) in [5, 5.41) is 12.7. The summed E-state index contributed by atoms with van der Waals surface area (Å²) in [4.78, 5) is 65.9. The van der Waals surface area contributed by atoms with Gasteiger partial charge in [0.15, 0.2) is 5.13 Å². The van der Waals surface area contributed by atoms with E-state index in [2.05, 4.69) is 16.0 Å². The Bertz CT molecular complexity index is 2560. The second-order valence-corrected chi connectivity index (χ2v) is 22.5. The Balaban J connectivity index is 1.04. The number of alkyl carbamates (subject to hydrolysis) is 1. The van der Waals surface area contributed by atoms with Crippen molar-refractivity contribution in [2.45, 2.75) is 145 Å². The number of aromatic nitrogens is 2. The van der Waals surface area contributed by atoms with E-state index in [-0.39, 0.29) is 30.1 Å². The zero-order chi connectivity index (χ0) is 46.5. The van der Waals surface area contributed by atoms with Gasteiger partial charge in [0, 0.05) is 40.3 Å². The molecule has 0 bridgehead atoms. The first-order valence-corrected chi connectivity index (χ1v) is 26.2. The van der Waals surface area contributed by atoms with Crippen LogP contribution < -0.4 is 25.4 Å². The summed E-state index contributed by atoms with van der Waals surface area (Å²) in [7, 11) is -2.79. The number of benzene rings is 2. The highest BCUT2D eigenvalue weighted by Gasteiger charge is 2.95. The van der Waals surface area contributed by atoms with Gasteiger partial charge in [0.05, 0.1) is 42.2 Å². The molecule has 2 aromatic carbocycles. The Labute approximate surface area is 391 Å². The van der Waals surface area contributed by atoms with E-state index in [1.54, 1.807) is 18.2 Å². The first kappa shape index (κ1) is 46.5. The van der Waals surface area contributed by atoms with Crippen LogP contribution in [-0.4, -0.2) is 92.9 Å². The Hall–Kier alpha value is -4.57. The number of carbonyl (C=O) groups is 3. The van der Waals surface area contributed by atoms with E-state index < -0.39 is 83.4 Å². The Morgan fingerprint density at radius 2 is 1.74 bits per heavy atom. The Morgan fingerprint density at radius 3 is 2.48 bits per heavy atom. The van der Waals surface area contributed by atoms with Gasteiger partial charge in [-0.3, -0.25) is 14.2 Å². The molecule has 3 aliphatic carbocycles. The van der Waals surface area contributed by atoms with Gasteiger partial charge in [0.25, 0.3) is 0 Å². The predicted octanol–water partition coefficient (Wildman–Crippen LogP) is 9.35. The molecule has 354 valence electrons. The van der Waals surface area contributed by atoms with Gasteiger partial charge in [-0.2, -0.15) is 0 Å². The number of rotatable bonds is 11. The van der Waals surface area contributed by atoms with Crippen LogP contribution in [0.3, 0.4) is 0 Å². The molecule has 2 unspecified atom stereocenters. The monoisotopic (exact) mass is 968 g/mol. The van der Waals surface area contributed by atoms with Crippen molar-refractivity contribution in [1.82, 2.24) is 25.5 Å². The van der Waals surface area contributed by atoms with Crippen LogP contribution in [-0.2, 0) is 25.1 Å². The summed E-state index contributed by atoms with van der Waals surface area (Å²) in [6.07, 6.45) is 6.09. The summed E-state index contributed by atoms with van der Waals surface area (Å²) in [5.74, 6) is -2.05. The van der Waals surface area contributed by atoms with Crippen molar-refractivity contribution >= 4 is 64.2 Å². The Kier molecular flexibility index (Phi) is 13.0. The second-order valence-electron chi connectivity index (χ2n) is 18.9. The molecule has 3 saturated carbocycles. The summed E-state index contributed by atoms with van der Waals surface area (Å²) in [6.45, 7) is 3.99. The molecule has 66 heavy (non-hydrogen) atoms. The van der Waals surface area contributed by atoms with Crippen LogP contribution in [0.2, 0.25) is 5.02 Å². The first-order chi connectivity index (χ1) is 31.6. The van der Waals surface area contributed by atoms with Gasteiger partial charge in [0.1, 0.15) is 58.1 Å². The molecule has 2 saturated heterocycles. The predicted molar refractivity (Wildman–Crippen MR) is 247 cm³/mol. The maximum Gasteiger partial charge on any atom is 0.408 e. The molecule has 3 amide bonds. The van der Waals surface area contributed by atoms with Gasteiger partial charge >= 0.3 is 6.09 Å². The molecule has 9 rings (SSSR count). The molecule has 2 aliphatic heterocycles. The summed E-state index contributed by atoms with van der Waals surface area (Å²) in [6, 6.07) is 6.59. The minimum atomic E-state index is -4.30. The van der Waals surface area contributed by atoms with Crippen LogP contribution in [0.4, 0.5) is 18.7 Å². The van der Waals surface area contributed by atoms with Gasteiger partial charge in [-0.05, 0) is 83.1 Å². The number of hydrogen-bond donors (Lipinski definition) is 4. The largest absolute Gasteiger partial charge is 0.495 e. The number of nitrogens with one attached hydrogen (secondary N) is 3. The smallest absolute Gasteiger partial charge is 0.408 e. The molecule has 0 radical (unpaired) electrons. The normalized spacial score (nSPS) is 27.7. The summed E-state index contributed by atoms with van der Waals surface area (Å²) >= 11 is 8.30. The number of hydrogen-bond acceptors (Lipinski definition) is 11. The highest BCUT2D eigenvalue weighted by molar-refractivity contribution is 7.58. The minimum absolute atomic E-state index is 0.0317. The molecule has 0 spiro atoms. The third-order valence-electron chi connectivity index (χ3n) is 14.1. The fourth-order valence-corrected chi connectivity index (χ4v) is 15.2. The summed E-state index contributed by atoms with van der Waals surface area (Å²) < 4.78 is 62.1. The molecule has 14 nitrogen and oxygen atoms in total. The number of halogens is 3. The quantitative estimate of drug-likeness (QED) is 0.105. The van der Waals surface area contributed by atoms with Crippen LogP contribution in [0.15, 0.2) is 41.8 Å². The SMILES string of the molecule is COc1ccc2c(O[C@@H]3C[C@H]4C(=O)N[C@]56C[C@@]5(CCCCCCC[C@H](NC(=O)OC5CCCC5)C(=O)N4C3)C6P(=O)(O)Cc3c(F)cccc3F)cc(-c3csc(NC(C)C)n3)nc2c1Cl. The second kappa shape index (κ2) is 18.5. The molecular formula is C47H56ClF2N6O8PS. The van der Waals surface area contributed by atoms with Crippen LogP contribution in [0.1, 0.15) is 103 Å². The van der Waals surface area contributed by atoms with Gasteiger partial charge in [-0.15, -0.1) is 11.3 Å². The summed E-state index contributed by atoms with van der Waals surface area (Å²) in [5.41, 5.74) is -1.74. The van der Waals surface area contributed by atoms with E-state index in [0.29, 0.717) is 64.6 Å². The number of amides is 3. The third kappa shape index (κ3) is 8.97. The van der Waals surface area contributed by atoms with Crippen molar-refractivity contribution in [2.75, 3.05) is 19.0 Å². The Morgan fingerprint density at radius 1 is 1.02 bits per heavy atom. The number of methoxy groups -OCH3 is 1. The minimum Gasteiger partial charge on any atom is -0.495 e. The average Bonchev–Trinajstić information content (AvgIpc) is 3.64. The van der Waals surface area contributed by atoms with E-state index in [1.807, 2.05) is 19.2 Å². The number of carbonyl (C=O) groups excluding carboxylic acids is 3. The highest BCUT2D eigenvalue weighted by atomic mass is 35.5. The molecule has 5 aliphatic rings. The highest BCUT2D eigenvalue weighted by Crippen LogP contribution is 2.90. The molecule has 19 heteroatoms. The average molecular weight is 969 g/mol. The molecule has 4 aromatic rings. The van der Waals surface area contributed by atoms with E-state index >= 15 is 0 Å². The van der Waals surface area contributed by atoms with E-state index in [0.717, 1.165) is 63.5 Å². The first-order valence-electron chi connectivity index (χ1n) is 23.0. The van der Waals surface area contributed by atoms with Crippen molar-refractivity contribution in [2.24, 2.45) is 5.41 Å². The van der Waals surface area contributed by atoms with Gasteiger partial charge in [0.2, 0.25) is 19.2 Å². The maximum atomic E-state index is 14.9. The zero-order valence-electron chi connectivity index (χ0n) is 37.2. The number of nitrogens with zero attached hydrogens (tertiary/aromatic N) is 3. The molecular weight excluding hydrogens is 913 g/mol. The van der Waals surface area contributed by atoms with Crippen molar-refractivity contribution in [1.29, 1.82) is 0 Å².